The molecule has 1 N–H and O–H groups in total. The second-order valence-electron chi connectivity index (χ2n) is 6.40. The van der Waals surface area contributed by atoms with E-state index in [1.165, 1.54) is 0 Å². The lowest BCUT2D eigenvalue weighted by Crippen LogP contribution is -2.41. The smallest absolute Gasteiger partial charge is 0.293 e. The highest BCUT2D eigenvalue weighted by molar-refractivity contribution is 9.10. The molecule has 0 unspecified atom stereocenters. The Hall–Kier alpha value is -1.14. The van der Waals surface area contributed by atoms with Gasteiger partial charge in [-0.1, -0.05) is 29.8 Å². The number of hydrogen-bond acceptors (Lipinski definition) is 4. The molecule has 22 heavy (non-hydrogen) atoms. The van der Waals surface area contributed by atoms with Crippen molar-refractivity contribution in [3.8, 4) is 0 Å². The predicted octanol–water partition coefficient (Wildman–Crippen LogP) is 4.12. The molecule has 1 aromatic rings. The molecule has 0 bridgehead atoms. The maximum absolute atomic E-state index is 11.4. The monoisotopic (exact) mass is 370 g/mol. The van der Waals surface area contributed by atoms with Crippen molar-refractivity contribution in [3.63, 3.8) is 0 Å². The first-order valence-electron chi connectivity index (χ1n) is 7.77. The van der Waals surface area contributed by atoms with Crippen molar-refractivity contribution < 1.29 is 10.0 Å². The van der Waals surface area contributed by atoms with E-state index in [9.17, 15) is 15.2 Å². The van der Waals surface area contributed by atoms with E-state index < -0.39 is 0 Å². The first-order chi connectivity index (χ1) is 10.4. The van der Waals surface area contributed by atoms with Gasteiger partial charge in [0.25, 0.3) is 5.69 Å². The minimum Gasteiger partial charge on any atom is -0.393 e. The number of halogens is 1. The Morgan fingerprint density at radius 2 is 2.00 bits per heavy atom. The van der Waals surface area contributed by atoms with Crippen molar-refractivity contribution >= 4 is 27.3 Å². The SMILES string of the molecule is CC(C)CN(c1ccc(Br)cc1[N+](=O)[O-])[C@H]1CC[C@@H](O)CC1. The lowest BCUT2D eigenvalue weighted by molar-refractivity contribution is -0.384. The first kappa shape index (κ1) is 17.2. The number of nitrogens with zero attached hydrogens (tertiary/aromatic N) is 2. The average Bonchev–Trinajstić information content (AvgIpc) is 2.45. The maximum atomic E-state index is 11.4. The van der Waals surface area contributed by atoms with Crippen LogP contribution in [0.1, 0.15) is 39.5 Å². The highest BCUT2D eigenvalue weighted by atomic mass is 79.9. The van der Waals surface area contributed by atoms with Gasteiger partial charge in [0.2, 0.25) is 0 Å². The maximum Gasteiger partial charge on any atom is 0.293 e. The molecule has 1 aromatic carbocycles. The summed E-state index contributed by atoms with van der Waals surface area (Å²) in [5.41, 5.74) is 0.824. The molecule has 0 saturated heterocycles. The number of benzene rings is 1. The molecule has 2 rings (SSSR count). The van der Waals surface area contributed by atoms with Crippen LogP contribution in [0.25, 0.3) is 0 Å². The van der Waals surface area contributed by atoms with Crippen molar-refractivity contribution in [2.45, 2.75) is 51.7 Å². The van der Waals surface area contributed by atoms with Crippen LogP contribution in [0.15, 0.2) is 22.7 Å². The standard InChI is InChI=1S/C16H23BrN2O3/c1-11(2)10-18(13-4-6-14(20)7-5-13)15-8-3-12(17)9-16(15)19(21)22/h3,8-9,11,13-14,20H,4-7,10H2,1-2H3/t13-,14+. The van der Waals surface area contributed by atoms with Crippen LogP contribution in [0.2, 0.25) is 0 Å². The molecule has 6 heteroatoms. The van der Waals surface area contributed by atoms with E-state index in [1.54, 1.807) is 6.07 Å². The van der Waals surface area contributed by atoms with Crippen LogP contribution < -0.4 is 4.90 Å². The third-order valence-electron chi connectivity index (χ3n) is 4.11. The van der Waals surface area contributed by atoms with Crippen molar-refractivity contribution in [1.82, 2.24) is 0 Å². The predicted molar refractivity (Wildman–Crippen MR) is 91.2 cm³/mol. The van der Waals surface area contributed by atoms with Crippen molar-refractivity contribution in [2.75, 3.05) is 11.4 Å². The number of aliphatic hydroxyl groups is 1. The molecule has 1 aliphatic carbocycles. The summed E-state index contributed by atoms with van der Waals surface area (Å²) in [4.78, 5) is 13.3. The summed E-state index contributed by atoms with van der Waals surface area (Å²) in [5.74, 6) is 0.412. The van der Waals surface area contributed by atoms with Crippen LogP contribution in [0.5, 0.6) is 0 Å². The molecular weight excluding hydrogens is 348 g/mol. The van der Waals surface area contributed by atoms with Gasteiger partial charge in [-0.05, 0) is 43.7 Å². The molecule has 0 spiro atoms. The van der Waals surface area contributed by atoms with E-state index in [-0.39, 0.29) is 22.8 Å². The number of nitro groups is 1. The van der Waals surface area contributed by atoms with E-state index in [2.05, 4.69) is 34.7 Å². The van der Waals surface area contributed by atoms with Gasteiger partial charge in [-0.25, -0.2) is 0 Å². The van der Waals surface area contributed by atoms with Gasteiger partial charge in [-0.3, -0.25) is 10.1 Å². The van der Waals surface area contributed by atoms with E-state index >= 15 is 0 Å². The van der Waals surface area contributed by atoms with Gasteiger partial charge in [0, 0.05) is 23.1 Å². The lowest BCUT2D eigenvalue weighted by Gasteiger charge is -2.38. The first-order valence-corrected chi connectivity index (χ1v) is 8.56. The Morgan fingerprint density at radius 1 is 1.36 bits per heavy atom. The summed E-state index contributed by atoms with van der Waals surface area (Å²) in [7, 11) is 0. The number of anilines is 1. The molecule has 0 atom stereocenters. The van der Waals surface area contributed by atoms with Crippen LogP contribution >= 0.6 is 15.9 Å². The van der Waals surface area contributed by atoms with Crippen LogP contribution in [0.4, 0.5) is 11.4 Å². The Labute approximate surface area is 139 Å². The molecule has 122 valence electrons. The van der Waals surface area contributed by atoms with Gasteiger partial charge in [-0.15, -0.1) is 0 Å². The van der Waals surface area contributed by atoms with E-state index in [4.69, 9.17) is 0 Å². The molecule has 1 saturated carbocycles. The fourth-order valence-electron chi connectivity index (χ4n) is 3.09. The third-order valence-corrected chi connectivity index (χ3v) is 4.61. The van der Waals surface area contributed by atoms with Crippen LogP contribution in [-0.2, 0) is 0 Å². The van der Waals surface area contributed by atoms with Crippen LogP contribution in [0, 0.1) is 16.0 Å². The van der Waals surface area contributed by atoms with Gasteiger partial charge < -0.3 is 10.0 Å². The quantitative estimate of drug-likeness (QED) is 0.625. The van der Waals surface area contributed by atoms with E-state index in [0.29, 0.717) is 16.1 Å². The molecule has 0 radical (unpaired) electrons. The molecule has 0 aromatic heterocycles. The summed E-state index contributed by atoms with van der Waals surface area (Å²) >= 11 is 3.31. The molecule has 0 heterocycles. The fraction of sp³-hybridized carbons (Fsp3) is 0.625. The Bertz CT molecular complexity index is 528. The summed E-state index contributed by atoms with van der Waals surface area (Å²) in [5, 5.41) is 21.1. The highest BCUT2D eigenvalue weighted by Crippen LogP contribution is 2.36. The van der Waals surface area contributed by atoms with E-state index in [1.807, 2.05) is 12.1 Å². The highest BCUT2D eigenvalue weighted by Gasteiger charge is 2.29. The number of nitro benzene ring substituents is 1. The molecule has 0 amide bonds. The minimum atomic E-state index is -0.314. The summed E-state index contributed by atoms with van der Waals surface area (Å²) in [6.45, 7) is 5.02. The summed E-state index contributed by atoms with van der Waals surface area (Å²) in [6.07, 6.45) is 3.06. The Balaban J connectivity index is 2.35. The Kier molecular flexibility index (Phi) is 5.81. The molecule has 1 aliphatic rings. The van der Waals surface area contributed by atoms with Crippen molar-refractivity contribution in [2.24, 2.45) is 5.92 Å². The van der Waals surface area contributed by atoms with Gasteiger partial charge in [0.1, 0.15) is 5.69 Å². The zero-order chi connectivity index (χ0) is 16.3. The normalized spacial score (nSPS) is 21.9. The molecule has 5 nitrogen and oxygen atoms in total. The van der Waals surface area contributed by atoms with Crippen LogP contribution in [0.3, 0.4) is 0 Å². The number of aliphatic hydroxyl groups excluding tert-OH is 1. The van der Waals surface area contributed by atoms with Gasteiger partial charge in [0.05, 0.1) is 11.0 Å². The lowest BCUT2D eigenvalue weighted by atomic mass is 9.91. The molecule has 1 fully saturated rings. The van der Waals surface area contributed by atoms with E-state index in [0.717, 1.165) is 32.2 Å². The van der Waals surface area contributed by atoms with Gasteiger partial charge in [-0.2, -0.15) is 0 Å². The second kappa shape index (κ2) is 7.42. The minimum absolute atomic E-state index is 0.140. The number of hydrogen-bond donors (Lipinski definition) is 1. The Morgan fingerprint density at radius 3 is 2.55 bits per heavy atom. The van der Waals surface area contributed by atoms with Gasteiger partial charge in [0.15, 0.2) is 0 Å². The largest absolute Gasteiger partial charge is 0.393 e. The zero-order valence-electron chi connectivity index (χ0n) is 13.0. The summed E-state index contributed by atoms with van der Waals surface area (Å²) in [6, 6.07) is 5.51. The van der Waals surface area contributed by atoms with Crippen molar-refractivity contribution in [1.29, 1.82) is 0 Å². The zero-order valence-corrected chi connectivity index (χ0v) is 14.6. The second-order valence-corrected chi connectivity index (χ2v) is 7.31. The molecular formula is C16H23BrN2O3. The molecule has 0 aliphatic heterocycles. The van der Waals surface area contributed by atoms with Crippen molar-refractivity contribution in [3.05, 3.63) is 32.8 Å². The average molecular weight is 371 g/mol. The number of rotatable bonds is 5. The third kappa shape index (κ3) is 4.20. The topological polar surface area (TPSA) is 66.6 Å². The van der Waals surface area contributed by atoms with Crippen LogP contribution in [-0.4, -0.2) is 28.7 Å². The fourth-order valence-corrected chi connectivity index (χ4v) is 3.44. The van der Waals surface area contributed by atoms with Gasteiger partial charge >= 0.3 is 0 Å². The summed E-state index contributed by atoms with van der Waals surface area (Å²) < 4.78 is 0.714.